The van der Waals surface area contributed by atoms with Gasteiger partial charge in [0.2, 0.25) is 0 Å². The van der Waals surface area contributed by atoms with Crippen LogP contribution in [0.5, 0.6) is 0 Å². The van der Waals surface area contributed by atoms with Crippen LogP contribution in [0.2, 0.25) is 0 Å². The third kappa shape index (κ3) is 5.25. The number of nitrogens with zero attached hydrogens (tertiary/aromatic N) is 1. The lowest BCUT2D eigenvalue weighted by Crippen LogP contribution is -2.33. The number of allylic oxidation sites excluding steroid dienone is 2. The van der Waals surface area contributed by atoms with Gasteiger partial charge in [0.05, 0.1) is 12.0 Å². The Morgan fingerprint density at radius 1 is 1.71 bits per heavy atom. The number of hydrazine groups is 1. The van der Waals surface area contributed by atoms with Crippen LogP contribution in [0, 0.1) is 0 Å². The third-order valence-corrected chi connectivity index (χ3v) is 2.97. The van der Waals surface area contributed by atoms with Gasteiger partial charge >= 0.3 is 0 Å². The van der Waals surface area contributed by atoms with Gasteiger partial charge in [-0.25, -0.2) is 10.4 Å². The van der Waals surface area contributed by atoms with Gasteiger partial charge in [-0.3, -0.25) is 0 Å². The fourth-order valence-electron chi connectivity index (χ4n) is 1.24. The standard InChI is InChI=1S/C11H19N3O2S/c1-8-5-4-6-16-10(8)7-17-11(14-12-3)13-9(2)15/h4,6,9,12,15H,5,7H2,1-3H3,(H,13,14). The number of thioether (sulfide) groups is 1. The normalized spacial score (nSPS) is 18.0. The Morgan fingerprint density at radius 2 is 2.47 bits per heavy atom. The predicted octanol–water partition coefficient (Wildman–Crippen LogP) is 1.35. The first-order chi connectivity index (χ1) is 8.13. The average molecular weight is 257 g/mol. The quantitative estimate of drug-likeness (QED) is 0.403. The van der Waals surface area contributed by atoms with E-state index in [9.17, 15) is 5.11 Å². The number of hydrogen-bond acceptors (Lipinski definition) is 5. The molecule has 5 nitrogen and oxygen atoms in total. The molecule has 17 heavy (non-hydrogen) atoms. The number of aliphatic hydroxyl groups is 1. The number of rotatable bonds is 4. The summed E-state index contributed by atoms with van der Waals surface area (Å²) < 4.78 is 5.44. The van der Waals surface area contributed by atoms with Crippen molar-refractivity contribution in [2.24, 2.45) is 4.99 Å². The summed E-state index contributed by atoms with van der Waals surface area (Å²) in [5, 5.41) is 9.86. The molecule has 0 aliphatic carbocycles. The van der Waals surface area contributed by atoms with Gasteiger partial charge in [-0.2, -0.15) is 0 Å². The molecule has 0 aromatic rings. The van der Waals surface area contributed by atoms with Gasteiger partial charge in [0.15, 0.2) is 5.17 Å². The van der Waals surface area contributed by atoms with E-state index in [4.69, 9.17) is 4.74 Å². The summed E-state index contributed by atoms with van der Waals surface area (Å²) >= 11 is 1.48. The SMILES string of the molecule is CNNC(=NC(C)O)SCC1=C(C)CC=CO1. The number of amidine groups is 1. The van der Waals surface area contributed by atoms with Crippen molar-refractivity contribution in [2.45, 2.75) is 26.5 Å². The van der Waals surface area contributed by atoms with Crippen molar-refractivity contribution in [1.29, 1.82) is 0 Å². The Kier molecular flexibility index (Phi) is 6.10. The van der Waals surface area contributed by atoms with Crippen LogP contribution in [0.4, 0.5) is 0 Å². The molecule has 0 aromatic carbocycles. The van der Waals surface area contributed by atoms with Gasteiger partial charge in [0.1, 0.15) is 12.0 Å². The zero-order valence-corrected chi connectivity index (χ0v) is 11.2. The first-order valence-electron chi connectivity index (χ1n) is 5.45. The van der Waals surface area contributed by atoms with Crippen molar-refractivity contribution >= 4 is 16.9 Å². The van der Waals surface area contributed by atoms with Crippen molar-refractivity contribution in [1.82, 2.24) is 10.9 Å². The van der Waals surface area contributed by atoms with E-state index in [-0.39, 0.29) is 0 Å². The maximum Gasteiger partial charge on any atom is 0.173 e. The van der Waals surface area contributed by atoms with Crippen LogP contribution >= 0.6 is 11.8 Å². The van der Waals surface area contributed by atoms with E-state index >= 15 is 0 Å². The van der Waals surface area contributed by atoms with Crippen molar-refractivity contribution in [3.63, 3.8) is 0 Å². The molecule has 0 fully saturated rings. The Bertz CT molecular complexity index is 338. The largest absolute Gasteiger partial charge is 0.469 e. The summed E-state index contributed by atoms with van der Waals surface area (Å²) in [7, 11) is 1.75. The zero-order chi connectivity index (χ0) is 12.7. The van der Waals surface area contributed by atoms with E-state index in [1.807, 2.05) is 6.08 Å². The lowest BCUT2D eigenvalue weighted by Gasteiger charge is -2.15. The summed E-state index contributed by atoms with van der Waals surface area (Å²) in [6, 6.07) is 0. The van der Waals surface area contributed by atoms with E-state index in [1.165, 1.54) is 17.3 Å². The first kappa shape index (κ1) is 14.1. The maximum absolute atomic E-state index is 9.22. The lowest BCUT2D eigenvalue weighted by molar-refractivity contribution is 0.205. The topological polar surface area (TPSA) is 65.9 Å². The highest BCUT2D eigenvalue weighted by atomic mass is 32.2. The summed E-state index contributed by atoms with van der Waals surface area (Å²) in [6.07, 6.45) is 3.90. The van der Waals surface area contributed by atoms with Gasteiger partial charge in [-0.05, 0) is 31.9 Å². The van der Waals surface area contributed by atoms with E-state index < -0.39 is 6.23 Å². The second-order valence-corrected chi connectivity index (χ2v) is 4.59. The third-order valence-electron chi connectivity index (χ3n) is 2.08. The molecule has 1 heterocycles. The van der Waals surface area contributed by atoms with Crippen LogP contribution in [0.25, 0.3) is 0 Å². The Labute approximate surface area is 106 Å². The number of aliphatic imine (C=N–C) groups is 1. The molecule has 1 aliphatic heterocycles. The number of nitrogens with one attached hydrogen (secondary N) is 2. The number of aliphatic hydroxyl groups excluding tert-OH is 1. The van der Waals surface area contributed by atoms with Crippen molar-refractivity contribution in [2.75, 3.05) is 12.8 Å². The van der Waals surface area contributed by atoms with Gasteiger partial charge in [-0.1, -0.05) is 11.8 Å². The molecule has 0 spiro atoms. The molecular formula is C11H19N3O2S. The predicted molar refractivity (Wildman–Crippen MR) is 71.3 cm³/mol. The highest BCUT2D eigenvalue weighted by Gasteiger charge is 2.09. The summed E-state index contributed by atoms with van der Waals surface area (Å²) in [5.41, 5.74) is 6.89. The highest BCUT2D eigenvalue weighted by molar-refractivity contribution is 8.13. The van der Waals surface area contributed by atoms with Crippen molar-refractivity contribution in [3.8, 4) is 0 Å². The van der Waals surface area contributed by atoms with E-state index in [0.717, 1.165) is 12.2 Å². The summed E-state index contributed by atoms with van der Waals surface area (Å²) in [6.45, 7) is 3.67. The van der Waals surface area contributed by atoms with Crippen molar-refractivity contribution < 1.29 is 9.84 Å². The first-order valence-corrected chi connectivity index (χ1v) is 6.43. The molecule has 1 aliphatic rings. The van der Waals surface area contributed by atoms with Gasteiger partial charge in [-0.15, -0.1) is 0 Å². The van der Waals surface area contributed by atoms with Gasteiger partial charge < -0.3 is 15.3 Å². The van der Waals surface area contributed by atoms with Crippen LogP contribution in [0.1, 0.15) is 20.3 Å². The molecule has 0 saturated carbocycles. The minimum atomic E-state index is -0.722. The molecule has 6 heteroatoms. The molecule has 0 radical (unpaired) electrons. The molecule has 0 amide bonds. The Morgan fingerprint density at radius 3 is 3.06 bits per heavy atom. The molecule has 0 saturated heterocycles. The molecule has 3 N–H and O–H groups in total. The maximum atomic E-state index is 9.22. The molecule has 1 unspecified atom stereocenters. The van der Waals surface area contributed by atoms with Gasteiger partial charge in [0.25, 0.3) is 0 Å². The van der Waals surface area contributed by atoms with Crippen LogP contribution in [-0.4, -0.2) is 29.3 Å². The molecule has 96 valence electrons. The Balaban J connectivity index is 2.52. The van der Waals surface area contributed by atoms with Crippen LogP contribution < -0.4 is 10.9 Å². The fourth-order valence-corrected chi connectivity index (χ4v) is 2.23. The van der Waals surface area contributed by atoms with Crippen LogP contribution in [0.15, 0.2) is 28.7 Å². The fraction of sp³-hybridized carbons (Fsp3) is 0.545. The minimum Gasteiger partial charge on any atom is -0.469 e. The van der Waals surface area contributed by atoms with E-state index in [0.29, 0.717) is 10.9 Å². The minimum absolute atomic E-state index is 0.640. The molecule has 0 bridgehead atoms. The lowest BCUT2D eigenvalue weighted by atomic mass is 10.2. The molecule has 1 rings (SSSR count). The highest BCUT2D eigenvalue weighted by Crippen LogP contribution is 2.20. The molecular weight excluding hydrogens is 238 g/mol. The molecule has 1 atom stereocenters. The monoisotopic (exact) mass is 257 g/mol. The van der Waals surface area contributed by atoms with Crippen molar-refractivity contribution in [3.05, 3.63) is 23.7 Å². The summed E-state index contributed by atoms with van der Waals surface area (Å²) in [5.74, 6) is 1.64. The summed E-state index contributed by atoms with van der Waals surface area (Å²) in [4.78, 5) is 4.04. The van der Waals surface area contributed by atoms with Crippen LogP contribution in [0.3, 0.4) is 0 Å². The smallest absolute Gasteiger partial charge is 0.173 e. The second kappa shape index (κ2) is 7.37. The van der Waals surface area contributed by atoms with Gasteiger partial charge in [0, 0.05) is 7.05 Å². The average Bonchev–Trinajstić information content (AvgIpc) is 2.27. The second-order valence-electron chi connectivity index (χ2n) is 3.63. The molecule has 0 aromatic heterocycles. The Hall–Kier alpha value is -0.980. The number of hydrogen-bond donors (Lipinski definition) is 3. The van der Waals surface area contributed by atoms with E-state index in [1.54, 1.807) is 20.2 Å². The van der Waals surface area contributed by atoms with Crippen LogP contribution in [-0.2, 0) is 4.74 Å². The number of ether oxygens (including phenoxy) is 1. The van der Waals surface area contributed by atoms with E-state index in [2.05, 4.69) is 22.8 Å². The zero-order valence-electron chi connectivity index (χ0n) is 10.4.